The summed E-state index contributed by atoms with van der Waals surface area (Å²) in [5.41, 5.74) is 3.57. The number of nitriles is 1. The summed E-state index contributed by atoms with van der Waals surface area (Å²) < 4.78 is 0. The molecular formula is C19H17ClN4OS. The Balaban J connectivity index is 1.72. The van der Waals surface area contributed by atoms with Crippen LogP contribution in [0.15, 0.2) is 47.6 Å². The Morgan fingerprint density at radius 1 is 1.31 bits per heavy atom. The lowest BCUT2D eigenvalue weighted by Gasteiger charge is -2.21. The molecule has 1 aromatic heterocycles. The van der Waals surface area contributed by atoms with Crippen molar-refractivity contribution in [1.29, 1.82) is 5.26 Å². The quantitative estimate of drug-likeness (QED) is 0.632. The summed E-state index contributed by atoms with van der Waals surface area (Å²) in [6, 6.07) is 15.2. The predicted molar refractivity (Wildman–Crippen MR) is 106 cm³/mol. The van der Waals surface area contributed by atoms with Crippen LogP contribution in [0.2, 0.25) is 5.02 Å². The maximum atomic E-state index is 12.7. The number of benzene rings is 2. The van der Waals surface area contributed by atoms with E-state index in [-0.39, 0.29) is 18.1 Å². The number of carbonyl (C=O) groups is 1. The highest BCUT2D eigenvalue weighted by atomic mass is 35.5. The fourth-order valence-electron chi connectivity index (χ4n) is 2.52. The van der Waals surface area contributed by atoms with Crippen molar-refractivity contribution in [3.05, 3.63) is 53.1 Å². The molecular weight excluding hydrogens is 368 g/mol. The van der Waals surface area contributed by atoms with Gasteiger partial charge in [-0.1, -0.05) is 41.1 Å². The first-order valence-electron chi connectivity index (χ1n) is 8.09. The fourth-order valence-corrected chi connectivity index (χ4v) is 3.45. The SMILES string of the molecule is Cc1ccc(N(CCC#N)C(=O)CSc2nc3ccc(Cl)cc3[nH]2)cc1. The molecule has 2 aromatic carbocycles. The number of amides is 1. The highest BCUT2D eigenvalue weighted by Crippen LogP contribution is 2.23. The Hall–Kier alpha value is -2.49. The second-order valence-electron chi connectivity index (χ2n) is 5.78. The molecule has 1 amide bonds. The molecule has 0 saturated carbocycles. The molecule has 0 fully saturated rings. The summed E-state index contributed by atoms with van der Waals surface area (Å²) in [6.07, 6.45) is 0.285. The van der Waals surface area contributed by atoms with E-state index in [2.05, 4.69) is 16.0 Å². The lowest BCUT2D eigenvalue weighted by molar-refractivity contribution is -0.116. The lowest BCUT2D eigenvalue weighted by atomic mass is 10.2. The van der Waals surface area contributed by atoms with Crippen LogP contribution in [0.25, 0.3) is 11.0 Å². The number of aromatic nitrogens is 2. The average Bonchev–Trinajstić information content (AvgIpc) is 3.03. The second-order valence-corrected chi connectivity index (χ2v) is 7.18. The molecule has 0 spiro atoms. The first-order valence-corrected chi connectivity index (χ1v) is 9.45. The number of aromatic amines is 1. The third kappa shape index (κ3) is 4.37. The molecule has 0 unspecified atom stereocenters. The van der Waals surface area contributed by atoms with Gasteiger partial charge in [-0.15, -0.1) is 0 Å². The Bertz CT molecular complexity index is 962. The molecule has 3 aromatic rings. The Labute approximate surface area is 161 Å². The molecule has 5 nitrogen and oxygen atoms in total. The minimum atomic E-state index is -0.0624. The third-order valence-electron chi connectivity index (χ3n) is 3.85. The molecule has 7 heteroatoms. The van der Waals surface area contributed by atoms with Crippen molar-refractivity contribution >= 4 is 46.0 Å². The first-order chi connectivity index (χ1) is 12.6. The number of hydrogen-bond acceptors (Lipinski definition) is 4. The summed E-state index contributed by atoms with van der Waals surface area (Å²) >= 11 is 7.32. The zero-order valence-electron chi connectivity index (χ0n) is 14.2. The highest BCUT2D eigenvalue weighted by Gasteiger charge is 2.16. The van der Waals surface area contributed by atoms with Gasteiger partial charge in [0.2, 0.25) is 5.91 Å². The molecule has 0 atom stereocenters. The van der Waals surface area contributed by atoms with E-state index in [0.717, 1.165) is 22.3 Å². The van der Waals surface area contributed by atoms with Crippen molar-refractivity contribution in [2.45, 2.75) is 18.5 Å². The Morgan fingerprint density at radius 3 is 2.81 bits per heavy atom. The predicted octanol–water partition coefficient (Wildman–Crippen LogP) is 4.56. The number of thioether (sulfide) groups is 1. The number of nitrogens with zero attached hydrogens (tertiary/aromatic N) is 3. The van der Waals surface area contributed by atoms with Gasteiger partial charge in [-0.05, 0) is 37.3 Å². The molecule has 0 aliphatic rings. The first kappa shape index (κ1) is 18.3. The van der Waals surface area contributed by atoms with Crippen LogP contribution in [-0.2, 0) is 4.79 Å². The zero-order valence-corrected chi connectivity index (χ0v) is 15.8. The monoisotopic (exact) mass is 384 g/mol. The Kier molecular flexibility index (Phi) is 5.82. The molecule has 3 rings (SSSR count). The van der Waals surface area contributed by atoms with Gasteiger partial charge in [0.25, 0.3) is 0 Å². The molecule has 132 valence electrons. The van der Waals surface area contributed by atoms with Gasteiger partial charge < -0.3 is 9.88 Å². The van der Waals surface area contributed by atoms with Crippen molar-refractivity contribution in [1.82, 2.24) is 9.97 Å². The minimum absolute atomic E-state index is 0.0624. The van der Waals surface area contributed by atoms with Crippen molar-refractivity contribution in [3.63, 3.8) is 0 Å². The second kappa shape index (κ2) is 8.26. The van der Waals surface area contributed by atoms with Crippen molar-refractivity contribution < 1.29 is 4.79 Å². The van der Waals surface area contributed by atoms with Crippen molar-refractivity contribution in [3.8, 4) is 6.07 Å². The molecule has 0 aliphatic heterocycles. The van der Waals surface area contributed by atoms with Crippen LogP contribution in [0.4, 0.5) is 5.69 Å². The maximum Gasteiger partial charge on any atom is 0.237 e. The number of halogens is 1. The fraction of sp³-hybridized carbons (Fsp3) is 0.211. The summed E-state index contributed by atoms with van der Waals surface area (Å²) in [6.45, 7) is 2.36. The van der Waals surface area contributed by atoms with E-state index in [0.29, 0.717) is 16.7 Å². The number of nitrogens with one attached hydrogen (secondary N) is 1. The molecule has 1 N–H and O–H groups in total. The van der Waals surface area contributed by atoms with Crippen LogP contribution in [-0.4, -0.2) is 28.2 Å². The number of imidazole rings is 1. The van der Waals surface area contributed by atoms with Gasteiger partial charge in [0.1, 0.15) is 0 Å². The molecule has 1 heterocycles. The number of carbonyl (C=O) groups excluding carboxylic acids is 1. The van der Waals surface area contributed by atoms with E-state index >= 15 is 0 Å². The number of anilines is 1. The molecule has 0 aliphatic carbocycles. The summed E-state index contributed by atoms with van der Waals surface area (Å²) in [5, 5.41) is 10.2. The van der Waals surface area contributed by atoms with Crippen LogP contribution in [0.5, 0.6) is 0 Å². The van der Waals surface area contributed by atoms with E-state index < -0.39 is 0 Å². The average molecular weight is 385 g/mol. The molecule has 0 saturated heterocycles. The van der Waals surface area contributed by atoms with Gasteiger partial charge in [-0.2, -0.15) is 5.26 Å². The van der Waals surface area contributed by atoms with Gasteiger partial charge in [0.05, 0.1) is 29.3 Å². The number of H-pyrrole nitrogens is 1. The van der Waals surface area contributed by atoms with Crippen molar-refractivity contribution in [2.24, 2.45) is 0 Å². The largest absolute Gasteiger partial charge is 0.333 e. The smallest absolute Gasteiger partial charge is 0.237 e. The van der Waals surface area contributed by atoms with Crippen LogP contribution < -0.4 is 4.90 Å². The number of rotatable bonds is 6. The van der Waals surface area contributed by atoms with Gasteiger partial charge in [0.15, 0.2) is 5.16 Å². The normalized spacial score (nSPS) is 10.7. The Morgan fingerprint density at radius 2 is 2.08 bits per heavy atom. The lowest BCUT2D eigenvalue weighted by Crippen LogP contribution is -2.33. The summed E-state index contributed by atoms with van der Waals surface area (Å²) in [5.74, 6) is 0.167. The van der Waals surface area contributed by atoms with Gasteiger partial charge in [-0.3, -0.25) is 4.79 Å². The molecule has 0 radical (unpaired) electrons. The van der Waals surface area contributed by atoms with E-state index in [1.165, 1.54) is 11.8 Å². The van der Waals surface area contributed by atoms with Crippen molar-refractivity contribution in [2.75, 3.05) is 17.2 Å². The molecule has 26 heavy (non-hydrogen) atoms. The van der Waals surface area contributed by atoms with Crippen LogP contribution in [0.1, 0.15) is 12.0 Å². The number of hydrogen-bond donors (Lipinski definition) is 1. The highest BCUT2D eigenvalue weighted by molar-refractivity contribution is 7.99. The topological polar surface area (TPSA) is 72.8 Å². The summed E-state index contributed by atoms with van der Waals surface area (Å²) in [4.78, 5) is 22.0. The van der Waals surface area contributed by atoms with Gasteiger partial charge in [-0.25, -0.2) is 4.98 Å². The molecule has 0 bridgehead atoms. The number of fused-ring (bicyclic) bond motifs is 1. The van der Waals surface area contributed by atoms with E-state index in [1.54, 1.807) is 17.0 Å². The number of aryl methyl sites for hydroxylation is 1. The van der Waals surface area contributed by atoms with E-state index in [1.807, 2.05) is 37.3 Å². The minimum Gasteiger partial charge on any atom is -0.333 e. The van der Waals surface area contributed by atoms with Crippen LogP contribution >= 0.6 is 23.4 Å². The zero-order chi connectivity index (χ0) is 18.5. The van der Waals surface area contributed by atoms with Crippen LogP contribution in [0.3, 0.4) is 0 Å². The third-order valence-corrected chi connectivity index (χ3v) is 4.94. The standard InChI is InChI=1S/C19H17ClN4OS/c1-13-3-6-15(7-4-13)24(10-2-9-21)18(25)12-26-19-22-16-8-5-14(20)11-17(16)23-19/h3-8,11H,2,10,12H2,1H3,(H,22,23). The van der Waals surface area contributed by atoms with Crippen LogP contribution in [0, 0.1) is 18.3 Å². The van der Waals surface area contributed by atoms with Gasteiger partial charge in [0, 0.05) is 17.3 Å². The van der Waals surface area contributed by atoms with E-state index in [4.69, 9.17) is 16.9 Å². The van der Waals surface area contributed by atoms with Gasteiger partial charge >= 0.3 is 0 Å². The van der Waals surface area contributed by atoms with E-state index in [9.17, 15) is 4.79 Å². The summed E-state index contributed by atoms with van der Waals surface area (Å²) in [7, 11) is 0. The maximum absolute atomic E-state index is 12.7.